The molecule has 0 aliphatic rings. The summed E-state index contributed by atoms with van der Waals surface area (Å²) < 4.78 is 5.68. The normalized spacial score (nSPS) is 10.4. The fraction of sp³-hybridized carbons (Fsp3) is 0.250. The third kappa shape index (κ3) is 3.58. The van der Waals surface area contributed by atoms with E-state index in [0.717, 1.165) is 5.56 Å². The first-order valence-electron chi connectivity index (χ1n) is 6.60. The van der Waals surface area contributed by atoms with Gasteiger partial charge in [0.05, 0.1) is 5.69 Å². The summed E-state index contributed by atoms with van der Waals surface area (Å²) in [4.78, 5) is 15.5. The van der Waals surface area contributed by atoms with Gasteiger partial charge in [0.25, 0.3) is 0 Å². The van der Waals surface area contributed by atoms with Crippen LogP contribution >= 0.6 is 0 Å². The predicted molar refractivity (Wildman–Crippen MR) is 78.0 cm³/mol. The van der Waals surface area contributed by atoms with Gasteiger partial charge in [0.1, 0.15) is 17.1 Å². The second kappa shape index (κ2) is 6.37. The number of carbonyl (C=O) groups is 1. The lowest BCUT2D eigenvalue weighted by Crippen LogP contribution is -2.06. The van der Waals surface area contributed by atoms with Crippen molar-refractivity contribution in [2.45, 2.75) is 20.3 Å². The number of ether oxygens (including phenoxy) is 1. The van der Waals surface area contributed by atoms with Gasteiger partial charge in [-0.3, -0.25) is 4.98 Å². The SMILES string of the molecule is Cc1cc(Oc2ccc(CCO)cc2)c(C(=O)O)c(C)n1. The molecule has 2 rings (SSSR count). The van der Waals surface area contributed by atoms with Gasteiger partial charge in [0, 0.05) is 18.4 Å². The molecule has 5 heteroatoms. The highest BCUT2D eigenvalue weighted by Crippen LogP contribution is 2.28. The Kier molecular flexibility index (Phi) is 4.55. The van der Waals surface area contributed by atoms with Crippen LogP contribution in [0.4, 0.5) is 0 Å². The lowest BCUT2D eigenvalue weighted by molar-refractivity contribution is 0.0692. The standard InChI is InChI=1S/C16H17NO4/c1-10-9-14(15(16(19)20)11(2)17-10)21-13-5-3-12(4-6-13)7-8-18/h3-6,9,18H,7-8H2,1-2H3,(H,19,20). The fourth-order valence-corrected chi connectivity index (χ4v) is 2.11. The maximum atomic E-state index is 11.3. The molecule has 0 spiro atoms. The van der Waals surface area contributed by atoms with Crippen LogP contribution in [0.3, 0.4) is 0 Å². The Morgan fingerprint density at radius 3 is 2.48 bits per heavy atom. The fourth-order valence-electron chi connectivity index (χ4n) is 2.11. The van der Waals surface area contributed by atoms with Crippen molar-refractivity contribution in [1.82, 2.24) is 4.98 Å². The Morgan fingerprint density at radius 2 is 1.90 bits per heavy atom. The van der Waals surface area contributed by atoms with E-state index in [-0.39, 0.29) is 17.9 Å². The number of rotatable bonds is 5. The number of benzene rings is 1. The minimum atomic E-state index is -1.06. The Balaban J connectivity index is 2.32. The van der Waals surface area contributed by atoms with Gasteiger partial charge >= 0.3 is 5.97 Å². The number of aliphatic hydroxyl groups is 1. The average Bonchev–Trinajstić information content (AvgIpc) is 2.40. The van der Waals surface area contributed by atoms with Crippen molar-refractivity contribution in [3.05, 3.63) is 52.8 Å². The van der Waals surface area contributed by atoms with E-state index in [2.05, 4.69) is 4.98 Å². The molecule has 21 heavy (non-hydrogen) atoms. The number of nitrogens with zero attached hydrogens (tertiary/aromatic N) is 1. The number of aromatic carboxylic acids is 1. The van der Waals surface area contributed by atoms with Gasteiger partial charge in [-0.15, -0.1) is 0 Å². The quantitative estimate of drug-likeness (QED) is 0.884. The van der Waals surface area contributed by atoms with Crippen LogP contribution in [-0.2, 0) is 6.42 Å². The van der Waals surface area contributed by atoms with Gasteiger partial charge < -0.3 is 14.9 Å². The van der Waals surface area contributed by atoms with Crippen molar-refractivity contribution in [3.63, 3.8) is 0 Å². The first-order chi connectivity index (χ1) is 10.0. The highest BCUT2D eigenvalue weighted by atomic mass is 16.5. The van der Waals surface area contributed by atoms with E-state index < -0.39 is 5.97 Å². The maximum absolute atomic E-state index is 11.3. The molecule has 0 atom stereocenters. The van der Waals surface area contributed by atoms with Crippen LogP contribution < -0.4 is 4.74 Å². The van der Waals surface area contributed by atoms with Crippen molar-refractivity contribution in [3.8, 4) is 11.5 Å². The van der Waals surface area contributed by atoms with Gasteiger partial charge in [-0.05, 0) is 38.0 Å². The number of carboxylic acids is 1. The summed E-state index contributed by atoms with van der Waals surface area (Å²) in [6, 6.07) is 8.79. The van der Waals surface area contributed by atoms with Crippen LogP contribution in [0, 0.1) is 13.8 Å². The molecule has 2 N–H and O–H groups in total. The summed E-state index contributed by atoms with van der Waals surface area (Å²) in [5.41, 5.74) is 2.18. The van der Waals surface area contributed by atoms with E-state index in [1.807, 2.05) is 12.1 Å². The number of pyridine rings is 1. The van der Waals surface area contributed by atoms with Crippen LogP contribution in [0.25, 0.3) is 0 Å². The van der Waals surface area contributed by atoms with E-state index >= 15 is 0 Å². The lowest BCUT2D eigenvalue weighted by atomic mass is 10.1. The number of hydrogen-bond donors (Lipinski definition) is 2. The second-order valence-corrected chi connectivity index (χ2v) is 4.75. The molecule has 1 aromatic carbocycles. The molecule has 0 radical (unpaired) electrons. The van der Waals surface area contributed by atoms with Crippen molar-refractivity contribution < 1.29 is 19.7 Å². The molecule has 0 saturated heterocycles. The highest BCUT2D eigenvalue weighted by molar-refractivity contribution is 5.92. The summed E-state index contributed by atoms with van der Waals surface area (Å²) in [7, 11) is 0. The molecule has 0 aliphatic carbocycles. The molecule has 110 valence electrons. The zero-order chi connectivity index (χ0) is 15.4. The monoisotopic (exact) mass is 287 g/mol. The number of carboxylic acid groups (broad SMARTS) is 1. The van der Waals surface area contributed by atoms with E-state index in [1.54, 1.807) is 32.0 Å². The zero-order valence-corrected chi connectivity index (χ0v) is 12.0. The molecule has 0 bridgehead atoms. The summed E-state index contributed by atoms with van der Waals surface area (Å²) >= 11 is 0. The Labute approximate surface area is 122 Å². The third-order valence-electron chi connectivity index (χ3n) is 3.06. The smallest absolute Gasteiger partial charge is 0.341 e. The summed E-state index contributed by atoms with van der Waals surface area (Å²) in [6.07, 6.45) is 0.578. The van der Waals surface area contributed by atoms with Gasteiger partial charge in [0.15, 0.2) is 0 Å². The molecule has 1 heterocycles. The minimum absolute atomic E-state index is 0.0695. The van der Waals surface area contributed by atoms with Crippen LogP contribution in [0.15, 0.2) is 30.3 Å². The van der Waals surface area contributed by atoms with Crippen LogP contribution in [-0.4, -0.2) is 27.8 Å². The van der Waals surface area contributed by atoms with Gasteiger partial charge in [-0.1, -0.05) is 12.1 Å². The molecule has 5 nitrogen and oxygen atoms in total. The molecule has 1 aromatic heterocycles. The first kappa shape index (κ1) is 15.0. The Morgan fingerprint density at radius 1 is 1.24 bits per heavy atom. The Bertz CT molecular complexity index is 650. The van der Waals surface area contributed by atoms with E-state index in [4.69, 9.17) is 9.84 Å². The van der Waals surface area contributed by atoms with Crippen molar-refractivity contribution in [2.24, 2.45) is 0 Å². The number of hydrogen-bond acceptors (Lipinski definition) is 4. The zero-order valence-electron chi connectivity index (χ0n) is 12.0. The summed E-state index contributed by atoms with van der Waals surface area (Å²) in [6.45, 7) is 3.52. The highest BCUT2D eigenvalue weighted by Gasteiger charge is 2.17. The second-order valence-electron chi connectivity index (χ2n) is 4.75. The number of aliphatic hydroxyl groups excluding tert-OH is 1. The molecular formula is C16H17NO4. The van der Waals surface area contributed by atoms with Crippen molar-refractivity contribution >= 4 is 5.97 Å². The molecule has 0 saturated carbocycles. The molecule has 0 aliphatic heterocycles. The maximum Gasteiger partial charge on any atom is 0.341 e. The minimum Gasteiger partial charge on any atom is -0.477 e. The lowest BCUT2D eigenvalue weighted by Gasteiger charge is -2.12. The van der Waals surface area contributed by atoms with Gasteiger partial charge in [0.2, 0.25) is 0 Å². The average molecular weight is 287 g/mol. The van der Waals surface area contributed by atoms with Crippen LogP contribution in [0.1, 0.15) is 27.3 Å². The van der Waals surface area contributed by atoms with Crippen molar-refractivity contribution in [1.29, 1.82) is 0 Å². The van der Waals surface area contributed by atoms with Gasteiger partial charge in [-0.2, -0.15) is 0 Å². The van der Waals surface area contributed by atoms with E-state index in [0.29, 0.717) is 23.6 Å². The molecule has 0 amide bonds. The molecular weight excluding hydrogens is 270 g/mol. The summed E-state index contributed by atoms with van der Waals surface area (Å²) in [5.74, 6) is -0.238. The first-order valence-corrected chi connectivity index (χ1v) is 6.60. The predicted octanol–water partition coefficient (Wildman–Crippen LogP) is 2.72. The summed E-state index contributed by atoms with van der Waals surface area (Å²) in [5, 5.41) is 18.2. The third-order valence-corrected chi connectivity index (χ3v) is 3.06. The van der Waals surface area contributed by atoms with E-state index in [1.165, 1.54) is 0 Å². The molecule has 2 aromatic rings. The van der Waals surface area contributed by atoms with E-state index in [9.17, 15) is 9.90 Å². The largest absolute Gasteiger partial charge is 0.477 e. The molecule has 0 unspecified atom stereocenters. The number of aromatic nitrogens is 1. The van der Waals surface area contributed by atoms with Gasteiger partial charge in [-0.25, -0.2) is 4.79 Å². The Hall–Kier alpha value is -2.40. The topological polar surface area (TPSA) is 79.7 Å². The van der Waals surface area contributed by atoms with Crippen LogP contribution in [0.2, 0.25) is 0 Å². The molecule has 0 fully saturated rings. The van der Waals surface area contributed by atoms with Crippen molar-refractivity contribution in [2.75, 3.05) is 6.61 Å². The van der Waals surface area contributed by atoms with Crippen LogP contribution in [0.5, 0.6) is 11.5 Å². The number of aryl methyl sites for hydroxylation is 2.